The van der Waals surface area contributed by atoms with Gasteiger partial charge in [-0.05, 0) is 0 Å². The van der Waals surface area contributed by atoms with E-state index in [2.05, 4.69) is 4.98 Å². The molecule has 0 saturated carbocycles. The van der Waals surface area contributed by atoms with Gasteiger partial charge in [-0.3, -0.25) is 0 Å². The third-order valence-electron chi connectivity index (χ3n) is 3.32. The average Bonchev–Trinajstić information content (AvgIpc) is 2.78. The summed E-state index contributed by atoms with van der Waals surface area (Å²) < 4.78 is 52.2. The van der Waals surface area contributed by atoms with Crippen LogP contribution in [0.5, 0.6) is 0 Å². The summed E-state index contributed by atoms with van der Waals surface area (Å²) in [4.78, 5) is 3.76. The summed E-state index contributed by atoms with van der Waals surface area (Å²) in [6.45, 7) is 1.65. The first-order valence-electron chi connectivity index (χ1n) is 6.29. The first-order chi connectivity index (χ1) is 9.71. The van der Waals surface area contributed by atoms with Crippen LogP contribution >= 0.6 is 11.8 Å². The molecular formula is C10H18N4O4S3. The highest BCUT2D eigenvalue weighted by Crippen LogP contribution is 2.29. The van der Waals surface area contributed by atoms with Crippen molar-refractivity contribution in [3.05, 3.63) is 6.33 Å². The standard InChI is InChI=1S/C10H18N4O4S3/c1-3-20(15,16)8-6-19-5-4-14(8)21(17,18)10-9(11)12-7-13(10)2/h7-8H,3-6,11H2,1-2H3. The molecule has 8 nitrogen and oxygen atoms in total. The van der Waals surface area contributed by atoms with Crippen LogP contribution in [0, 0.1) is 0 Å². The summed E-state index contributed by atoms with van der Waals surface area (Å²) in [5.41, 5.74) is 5.63. The van der Waals surface area contributed by atoms with Crippen molar-refractivity contribution in [2.24, 2.45) is 7.05 Å². The average molecular weight is 354 g/mol. The van der Waals surface area contributed by atoms with Gasteiger partial charge in [0.1, 0.15) is 5.37 Å². The molecule has 120 valence electrons. The SMILES string of the molecule is CCS(=O)(=O)C1CSCCN1S(=O)(=O)c1c(N)ncn1C. The van der Waals surface area contributed by atoms with E-state index in [9.17, 15) is 16.8 Å². The van der Waals surface area contributed by atoms with Crippen molar-refractivity contribution >= 4 is 37.4 Å². The molecule has 1 saturated heterocycles. The monoisotopic (exact) mass is 354 g/mol. The maximum Gasteiger partial charge on any atom is 0.263 e. The number of aromatic nitrogens is 2. The number of imidazole rings is 1. The molecule has 1 aliphatic heterocycles. The largest absolute Gasteiger partial charge is 0.381 e. The predicted octanol–water partition coefficient (Wildman–Crippen LogP) is -0.499. The molecule has 0 bridgehead atoms. The van der Waals surface area contributed by atoms with Crippen LogP contribution in [0.15, 0.2) is 11.4 Å². The zero-order chi connectivity index (χ0) is 15.8. The number of anilines is 1. The molecule has 0 aliphatic carbocycles. The second kappa shape index (κ2) is 5.78. The van der Waals surface area contributed by atoms with E-state index >= 15 is 0 Å². The van der Waals surface area contributed by atoms with Crippen molar-refractivity contribution < 1.29 is 16.8 Å². The Morgan fingerprint density at radius 3 is 2.62 bits per heavy atom. The van der Waals surface area contributed by atoms with Crippen molar-refractivity contribution in [2.45, 2.75) is 17.3 Å². The summed E-state index contributed by atoms with van der Waals surface area (Å²) in [6, 6.07) is 0. The summed E-state index contributed by atoms with van der Waals surface area (Å²) in [5, 5.41) is -1.22. The maximum atomic E-state index is 12.8. The molecule has 1 unspecified atom stereocenters. The Morgan fingerprint density at radius 2 is 2.10 bits per heavy atom. The molecule has 1 fully saturated rings. The molecule has 1 aromatic heterocycles. The number of aryl methyl sites for hydroxylation is 1. The fourth-order valence-corrected chi connectivity index (χ4v) is 7.63. The van der Waals surface area contributed by atoms with Gasteiger partial charge in [-0.1, -0.05) is 6.92 Å². The molecule has 2 rings (SSSR count). The molecule has 1 atom stereocenters. The number of hydrogen-bond acceptors (Lipinski definition) is 7. The second-order valence-electron chi connectivity index (χ2n) is 4.64. The third-order valence-corrected chi connectivity index (χ3v) is 8.78. The number of hydrogen-bond donors (Lipinski definition) is 1. The number of thioether (sulfide) groups is 1. The molecule has 1 aromatic rings. The molecule has 21 heavy (non-hydrogen) atoms. The molecule has 1 aliphatic rings. The van der Waals surface area contributed by atoms with Gasteiger partial charge in [-0.25, -0.2) is 21.8 Å². The normalized spacial score (nSPS) is 21.5. The molecule has 2 heterocycles. The van der Waals surface area contributed by atoms with E-state index in [0.29, 0.717) is 5.75 Å². The highest BCUT2D eigenvalue weighted by atomic mass is 32.2. The molecule has 0 aromatic carbocycles. The topological polar surface area (TPSA) is 115 Å². The first kappa shape index (κ1) is 16.6. The van der Waals surface area contributed by atoms with Gasteiger partial charge in [-0.15, -0.1) is 0 Å². The van der Waals surface area contributed by atoms with Gasteiger partial charge >= 0.3 is 0 Å². The van der Waals surface area contributed by atoms with Gasteiger partial charge in [-0.2, -0.15) is 16.1 Å². The molecule has 2 N–H and O–H groups in total. The van der Waals surface area contributed by atoms with Crippen LogP contribution in [-0.2, 0) is 26.9 Å². The van der Waals surface area contributed by atoms with E-state index in [1.54, 1.807) is 0 Å². The minimum absolute atomic E-state index is 0.106. The van der Waals surface area contributed by atoms with Gasteiger partial charge in [0.15, 0.2) is 20.7 Å². The number of nitrogen functional groups attached to an aromatic ring is 1. The summed E-state index contributed by atoms with van der Waals surface area (Å²) in [6.07, 6.45) is 1.30. The predicted molar refractivity (Wildman–Crippen MR) is 82.1 cm³/mol. The van der Waals surface area contributed by atoms with Crippen molar-refractivity contribution in [3.63, 3.8) is 0 Å². The van der Waals surface area contributed by atoms with E-state index in [0.717, 1.165) is 4.31 Å². The van der Waals surface area contributed by atoms with Gasteiger partial charge < -0.3 is 10.3 Å². The van der Waals surface area contributed by atoms with Crippen LogP contribution in [0.25, 0.3) is 0 Å². The fraction of sp³-hybridized carbons (Fsp3) is 0.700. The molecule has 0 radical (unpaired) electrons. The smallest absolute Gasteiger partial charge is 0.263 e. The van der Waals surface area contributed by atoms with Gasteiger partial charge in [0.25, 0.3) is 10.0 Å². The lowest BCUT2D eigenvalue weighted by atomic mass is 10.6. The summed E-state index contributed by atoms with van der Waals surface area (Å²) in [5.74, 6) is 0.550. The Morgan fingerprint density at radius 1 is 1.43 bits per heavy atom. The lowest BCUT2D eigenvalue weighted by Gasteiger charge is -2.33. The van der Waals surface area contributed by atoms with Crippen LogP contribution < -0.4 is 5.73 Å². The van der Waals surface area contributed by atoms with E-state index in [1.807, 2.05) is 0 Å². The summed E-state index contributed by atoms with van der Waals surface area (Å²) in [7, 11) is -6.01. The van der Waals surface area contributed by atoms with E-state index in [1.165, 1.54) is 36.6 Å². The number of nitrogens with zero attached hydrogens (tertiary/aromatic N) is 3. The minimum atomic E-state index is -4.01. The van der Waals surface area contributed by atoms with Gasteiger partial charge in [0.05, 0.1) is 6.33 Å². The van der Waals surface area contributed by atoms with Crippen molar-refractivity contribution in [3.8, 4) is 0 Å². The fourth-order valence-electron chi connectivity index (χ4n) is 2.18. The van der Waals surface area contributed by atoms with Crippen LogP contribution in [-0.4, -0.2) is 59.9 Å². The Kier molecular flexibility index (Phi) is 4.57. The number of nitrogens with two attached hydrogens (primary N) is 1. The Labute approximate surface area is 128 Å². The highest BCUT2D eigenvalue weighted by Gasteiger charge is 2.42. The minimum Gasteiger partial charge on any atom is -0.381 e. The molecule has 11 heteroatoms. The van der Waals surface area contributed by atoms with Crippen LogP contribution in [0.1, 0.15) is 6.92 Å². The van der Waals surface area contributed by atoms with Crippen molar-refractivity contribution in [1.82, 2.24) is 13.9 Å². The highest BCUT2D eigenvalue weighted by molar-refractivity contribution is 8.01. The van der Waals surface area contributed by atoms with E-state index < -0.39 is 25.2 Å². The first-order valence-corrected chi connectivity index (χ1v) is 10.6. The van der Waals surface area contributed by atoms with Crippen molar-refractivity contribution in [2.75, 3.05) is 29.5 Å². The maximum absolute atomic E-state index is 12.8. The number of sulfone groups is 1. The molecule has 0 amide bonds. The van der Waals surface area contributed by atoms with Crippen molar-refractivity contribution in [1.29, 1.82) is 0 Å². The van der Waals surface area contributed by atoms with Crippen LogP contribution in [0.4, 0.5) is 5.82 Å². The van der Waals surface area contributed by atoms with Crippen LogP contribution in [0.3, 0.4) is 0 Å². The number of sulfonamides is 1. The van der Waals surface area contributed by atoms with Gasteiger partial charge in [0.2, 0.25) is 0 Å². The molecule has 0 spiro atoms. The number of rotatable bonds is 4. The second-order valence-corrected chi connectivity index (χ2v) is 10.0. The Bertz CT molecular complexity index is 706. The third kappa shape index (κ3) is 2.91. The summed E-state index contributed by atoms with van der Waals surface area (Å²) >= 11 is 1.43. The molecular weight excluding hydrogens is 336 g/mol. The van der Waals surface area contributed by atoms with E-state index in [4.69, 9.17) is 5.73 Å². The van der Waals surface area contributed by atoms with Gasteiger partial charge in [0, 0.05) is 30.9 Å². The zero-order valence-electron chi connectivity index (χ0n) is 11.8. The van der Waals surface area contributed by atoms with E-state index in [-0.39, 0.29) is 28.9 Å². The Balaban J connectivity index is 2.52. The Hall–Kier alpha value is -0.780. The lowest BCUT2D eigenvalue weighted by Crippen LogP contribution is -2.50. The quantitative estimate of drug-likeness (QED) is 0.775. The van der Waals surface area contributed by atoms with Crippen LogP contribution in [0.2, 0.25) is 0 Å². The lowest BCUT2D eigenvalue weighted by molar-refractivity contribution is 0.400. The zero-order valence-corrected chi connectivity index (χ0v) is 14.2.